The van der Waals surface area contributed by atoms with Crippen LogP contribution in [0.25, 0.3) is 0 Å². The minimum absolute atomic E-state index is 0. The second kappa shape index (κ2) is 12.9. The van der Waals surface area contributed by atoms with E-state index in [-0.39, 0.29) is 24.0 Å². The molecule has 1 heterocycles. The summed E-state index contributed by atoms with van der Waals surface area (Å²) in [7, 11) is 0. The molecular formula is C13H29IN4O. The predicted octanol–water partition coefficient (Wildman–Crippen LogP) is 1.29. The zero-order chi connectivity index (χ0) is 13.1. The van der Waals surface area contributed by atoms with Gasteiger partial charge in [-0.3, -0.25) is 9.89 Å². The van der Waals surface area contributed by atoms with Crippen molar-refractivity contribution in [2.75, 3.05) is 52.5 Å². The minimum Gasteiger partial charge on any atom is -0.379 e. The van der Waals surface area contributed by atoms with Gasteiger partial charge in [0.05, 0.1) is 13.2 Å². The standard InChI is InChI=1S/C13H28N4O.HI/c1-3-6-15-13(14-4-2)16-7-5-8-17-9-11-18-12-10-17;/h3-12H2,1-2H3,(H2,14,15,16);1H. The van der Waals surface area contributed by atoms with Gasteiger partial charge in [-0.05, 0) is 26.3 Å². The smallest absolute Gasteiger partial charge is 0.191 e. The lowest BCUT2D eigenvalue weighted by Crippen LogP contribution is -2.40. The first-order valence-electron chi connectivity index (χ1n) is 7.19. The highest BCUT2D eigenvalue weighted by Gasteiger charge is 2.09. The van der Waals surface area contributed by atoms with Gasteiger partial charge in [0.1, 0.15) is 0 Å². The molecule has 1 rings (SSSR count). The summed E-state index contributed by atoms with van der Waals surface area (Å²) in [6.07, 6.45) is 2.24. The highest BCUT2D eigenvalue weighted by Crippen LogP contribution is 1.97. The van der Waals surface area contributed by atoms with E-state index in [2.05, 4.69) is 34.4 Å². The maximum atomic E-state index is 5.33. The van der Waals surface area contributed by atoms with Crippen molar-refractivity contribution in [1.29, 1.82) is 0 Å². The Bertz CT molecular complexity index is 233. The van der Waals surface area contributed by atoms with Crippen molar-refractivity contribution in [2.45, 2.75) is 26.7 Å². The fraction of sp³-hybridized carbons (Fsp3) is 0.923. The molecule has 114 valence electrons. The van der Waals surface area contributed by atoms with Gasteiger partial charge in [-0.25, -0.2) is 0 Å². The molecule has 0 saturated carbocycles. The van der Waals surface area contributed by atoms with Gasteiger partial charge in [0.2, 0.25) is 0 Å². The molecule has 0 bridgehead atoms. The average Bonchev–Trinajstić information content (AvgIpc) is 2.42. The van der Waals surface area contributed by atoms with Crippen LogP contribution in [0.5, 0.6) is 0 Å². The fourth-order valence-corrected chi connectivity index (χ4v) is 1.90. The molecule has 0 amide bonds. The molecule has 1 aliphatic rings. The van der Waals surface area contributed by atoms with E-state index in [1.165, 1.54) is 0 Å². The van der Waals surface area contributed by atoms with Crippen LogP contribution in [-0.2, 0) is 4.74 Å². The van der Waals surface area contributed by atoms with Crippen molar-refractivity contribution < 1.29 is 4.74 Å². The SMILES string of the molecule is CCCN=C(NCC)NCCCN1CCOCC1.I. The molecule has 0 atom stereocenters. The Morgan fingerprint density at radius 3 is 2.58 bits per heavy atom. The monoisotopic (exact) mass is 384 g/mol. The first-order valence-corrected chi connectivity index (χ1v) is 7.19. The lowest BCUT2D eigenvalue weighted by Gasteiger charge is -2.26. The Balaban J connectivity index is 0.00000324. The van der Waals surface area contributed by atoms with Crippen LogP contribution in [-0.4, -0.2) is 63.3 Å². The van der Waals surface area contributed by atoms with Crippen molar-refractivity contribution >= 4 is 29.9 Å². The topological polar surface area (TPSA) is 48.9 Å². The highest BCUT2D eigenvalue weighted by molar-refractivity contribution is 14.0. The van der Waals surface area contributed by atoms with E-state index in [9.17, 15) is 0 Å². The third-order valence-electron chi connectivity index (χ3n) is 2.89. The lowest BCUT2D eigenvalue weighted by atomic mass is 10.3. The van der Waals surface area contributed by atoms with Gasteiger partial charge >= 0.3 is 0 Å². The Labute approximate surface area is 134 Å². The number of hydrogen-bond donors (Lipinski definition) is 2. The van der Waals surface area contributed by atoms with Crippen LogP contribution in [0.3, 0.4) is 0 Å². The van der Waals surface area contributed by atoms with Gasteiger partial charge in [0, 0.05) is 32.7 Å². The Kier molecular flexibility index (Phi) is 12.9. The van der Waals surface area contributed by atoms with E-state index in [4.69, 9.17) is 4.74 Å². The quantitative estimate of drug-likeness (QED) is 0.301. The summed E-state index contributed by atoms with van der Waals surface area (Å²) in [5.41, 5.74) is 0. The molecular weight excluding hydrogens is 355 g/mol. The molecule has 1 saturated heterocycles. The second-order valence-corrected chi connectivity index (χ2v) is 4.50. The van der Waals surface area contributed by atoms with Crippen molar-refractivity contribution in [1.82, 2.24) is 15.5 Å². The summed E-state index contributed by atoms with van der Waals surface area (Å²) in [4.78, 5) is 6.94. The average molecular weight is 384 g/mol. The van der Waals surface area contributed by atoms with Gasteiger partial charge < -0.3 is 15.4 Å². The summed E-state index contributed by atoms with van der Waals surface area (Å²) in [6.45, 7) is 12.1. The maximum Gasteiger partial charge on any atom is 0.191 e. The molecule has 0 aromatic carbocycles. The van der Waals surface area contributed by atoms with E-state index < -0.39 is 0 Å². The minimum atomic E-state index is 0. The summed E-state index contributed by atoms with van der Waals surface area (Å²) in [5, 5.41) is 6.64. The molecule has 0 unspecified atom stereocenters. The van der Waals surface area contributed by atoms with Gasteiger partial charge in [-0.2, -0.15) is 0 Å². The third kappa shape index (κ3) is 9.45. The molecule has 0 radical (unpaired) electrons. The fourth-order valence-electron chi connectivity index (χ4n) is 1.90. The molecule has 19 heavy (non-hydrogen) atoms. The number of nitrogens with one attached hydrogen (secondary N) is 2. The van der Waals surface area contributed by atoms with Crippen molar-refractivity contribution in [2.24, 2.45) is 4.99 Å². The molecule has 1 aliphatic heterocycles. The maximum absolute atomic E-state index is 5.33. The van der Waals surface area contributed by atoms with Crippen LogP contribution in [0.2, 0.25) is 0 Å². The summed E-state index contributed by atoms with van der Waals surface area (Å²) in [6, 6.07) is 0. The molecule has 0 aliphatic carbocycles. The van der Waals surface area contributed by atoms with Crippen molar-refractivity contribution in [3.05, 3.63) is 0 Å². The molecule has 5 nitrogen and oxygen atoms in total. The molecule has 0 aromatic heterocycles. The van der Waals surface area contributed by atoms with Crippen molar-refractivity contribution in [3.63, 3.8) is 0 Å². The van der Waals surface area contributed by atoms with Crippen LogP contribution < -0.4 is 10.6 Å². The number of ether oxygens (including phenoxy) is 1. The summed E-state index contributed by atoms with van der Waals surface area (Å²) in [5.74, 6) is 0.946. The highest BCUT2D eigenvalue weighted by atomic mass is 127. The Morgan fingerprint density at radius 1 is 1.21 bits per heavy atom. The first kappa shape index (κ1) is 18.9. The van der Waals surface area contributed by atoms with Crippen LogP contribution in [0.4, 0.5) is 0 Å². The largest absolute Gasteiger partial charge is 0.379 e. The lowest BCUT2D eigenvalue weighted by molar-refractivity contribution is 0.0376. The number of rotatable bonds is 7. The normalized spacial score (nSPS) is 16.8. The molecule has 0 aromatic rings. The second-order valence-electron chi connectivity index (χ2n) is 4.50. The number of morpholine rings is 1. The van der Waals surface area contributed by atoms with Crippen LogP contribution in [0.1, 0.15) is 26.7 Å². The number of aliphatic imine (C=N–C) groups is 1. The predicted molar refractivity (Wildman–Crippen MR) is 91.6 cm³/mol. The van der Waals surface area contributed by atoms with Crippen LogP contribution in [0, 0.1) is 0 Å². The first-order chi connectivity index (χ1) is 8.86. The molecule has 1 fully saturated rings. The number of hydrogen-bond acceptors (Lipinski definition) is 3. The number of halogens is 1. The van der Waals surface area contributed by atoms with Gasteiger partial charge in [0.25, 0.3) is 0 Å². The zero-order valence-corrected chi connectivity index (χ0v) is 14.6. The van der Waals surface area contributed by atoms with E-state index >= 15 is 0 Å². The van der Waals surface area contributed by atoms with E-state index in [1.54, 1.807) is 0 Å². The van der Waals surface area contributed by atoms with Gasteiger partial charge in [-0.15, -0.1) is 24.0 Å². The molecule has 0 spiro atoms. The van der Waals surface area contributed by atoms with Crippen LogP contribution in [0.15, 0.2) is 4.99 Å². The van der Waals surface area contributed by atoms with Gasteiger partial charge in [0.15, 0.2) is 5.96 Å². The van der Waals surface area contributed by atoms with E-state index in [0.29, 0.717) is 0 Å². The summed E-state index contributed by atoms with van der Waals surface area (Å²) < 4.78 is 5.33. The number of nitrogens with zero attached hydrogens (tertiary/aromatic N) is 2. The third-order valence-corrected chi connectivity index (χ3v) is 2.89. The van der Waals surface area contributed by atoms with Crippen molar-refractivity contribution in [3.8, 4) is 0 Å². The molecule has 6 heteroatoms. The Morgan fingerprint density at radius 2 is 1.95 bits per heavy atom. The molecule has 2 N–H and O–H groups in total. The van der Waals surface area contributed by atoms with E-state index in [0.717, 1.165) is 71.3 Å². The Hall–Kier alpha value is -0.0800. The summed E-state index contributed by atoms with van der Waals surface area (Å²) >= 11 is 0. The van der Waals surface area contributed by atoms with Crippen LogP contribution >= 0.6 is 24.0 Å². The number of guanidine groups is 1. The van der Waals surface area contributed by atoms with E-state index in [1.807, 2.05) is 0 Å². The zero-order valence-electron chi connectivity index (χ0n) is 12.3. The van der Waals surface area contributed by atoms with Gasteiger partial charge in [-0.1, -0.05) is 6.92 Å².